The number of ether oxygens (including phenoxy) is 1. The van der Waals surface area contributed by atoms with Crippen molar-refractivity contribution >= 4 is 22.8 Å². The molecule has 0 amide bonds. The standard InChI is InChI=1S/C6H4ClN3O2/c1-11-6-3(7)2-4-5(8-6)10-12-9-4/h2H,1H3. The second-order valence-corrected chi connectivity index (χ2v) is 2.49. The molecule has 0 aliphatic heterocycles. The highest BCUT2D eigenvalue weighted by Crippen LogP contribution is 2.24. The van der Waals surface area contributed by atoms with Crippen LogP contribution in [0, 0.1) is 0 Å². The summed E-state index contributed by atoms with van der Waals surface area (Å²) in [7, 11) is 1.48. The van der Waals surface area contributed by atoms with Crippen LogP contribution in [0.5, 0.6) is 5.88 Å². The number of rotatable bonds is 1. The molecule has 2 rings (SSSR count). The topological polar surface area (TPSA) is 61.0 Å². The zero-order valence-corrected chi connectivity index (χ0v) is 6.87. The van der Waals surface area contributed by atoms with Gasteiger partial charge < -0.3 is 4.74 Å². The minimum Gasteiger partial charge on any atom is -0.480 e. The van der Waals surface area contributed by atoms with Crippen LogP contribution in [0.25, 0.3) is 11.2 Å². The Morgan fingerprint density at radius 2 is 2.33 bits per heavy atom. The van der Waals surface area contributed by atoms with Crippen LogP contribution in [0.15, 0.2) is 10.7 Å². The fourth-order valence-corrected chi connectivity index (χ4v) is 1.06. The Bertz CT molecular complexity index is 414. The summed E-state index contributed by atoms with van der Waals surface area (Å²) in [5, 5.41) is 7.49. The third-order valence-corrected chi connectivity index (χ3v) is 1.63. The summed E-state index contributed by atoms with van der Waals surface area (Å²) in [5.41, 5.74) is 0.900. The van der Waals surface area contributed by atoms with E-state index in [1.54, 1.807) is 6.07 Å². The molecule has 2 aromatic heterocycles. The zero-order valence-electron chi connectivity index (χ0n) is 6.11. The first-order chi connectivity index (χ1) is 5.81. The number of halogens is 1. The lowest BCUT2D eigenvalue weighted by Crippen LogP contribution is -1.88. The van der Waals surface area contributed by atoms with Crippen molar-refractivity contribution in [2.24, 2.45) is 0 Å². The molecule has 12 heavy (non-hydrogen) atoms. The monoisotopic (exact) mass is 185 g/mol. The number of nitrogens with zero attached hydrogens (tertiary/aromatic N) is 3. The second kappa shape index (κ2) is 2.60. The molecule has 0 bridgehead atoms. The summed E-state index contributed by atoms with van der Waals surface area (Å²) in [4.78, 5) is 3.93. The Hall–Kier alpha value is -1.36. The van der Waals surface area contributed by atoms with Crippen molar-refractivity contribution in [1.82, 2.24) is 15.3 Å². The van der Waals surface area contributed by atoms with Gasteiger partial charge >= 0.3 is 0 Å². The molecule has 0 aliphatic carbocycles. The van der Waals surface area contributed by atoms with E-state index in [0.29, 0.717) is 22.1 Å². The predicted octanol–water partition coefficient (Wildman–Crippen LogP) is 1.28. The van der Waals surface area contributed by atoms with Gasteiger partial charge in [0.05, 0.1) is 7.11 Å². The molecule has 0 saturated heterocycles. The van der Waals surface area contributed by atoms with Gasteiger partial charge in [0.15, 0.2) is 5.52 Å². The van der Waals surface area contributed by atoms with Crippen LogP contribution >= 0.6 is 11.6 Å². The zero-order chi connectivity index (χ0) is 8.55. The number of hydrogen-bond acceptors (Lipinski definition) is 5. The summed E-state index contributed by atoms with van der Waals surface area (Å²) >= 11 is 5.76. The maximum atomic E-state index is 5.76. The van der Waals surface area contributed by atoms with Gasteiger partial charge in [0.25, 0.3) is 0 Å². The molecule has 6 heteroatoms. The van der Waals surface area contributed by atoms with Crippen molar-refractivity contribution in [1.29, 1.82) is 0 Å². The van der Waals surface area contributed by atoms with Crippen LogP contribution < -0.4 is 4.74 Å². The molecule has 0 radical (unpaired) electrons. The van der Waals surface area contributed by atoms with Gasteiger partial charge in [-0.15, -0.1) is 0 Å². The van der Waals surface area contributed by atoms with Crippen molar-refractivity contribution in [3.05, 3.63) is 11.1 Å². The van der Waals surface area contributed by atoms with E-state index in [1.165, 1.54) is 7.11 Å². The van der Waals surface area contributed by atoms with E-state index < -0.39 is 0 Å². The molecule has 0 spiro atoms. The highest BCUT2D eigenvalue weighted by Gasteiger charge is 2.08. The quantitative estimate of drug-likeness (QED) is 0.670. The average molecular weight is 186 g/mol. The lowest BCUT2D eigenvalue weighted by atomic mass is 10.4. The highest BCUT2D eigenvalue weighted by atomic mass is 35.5. The van der Waals surface area contributed by atoms with Gasteiger partial charge in [0.1, 0.15) is 5.02 Å². The van der Waals surface area contributed by atoms with Gasteiger partial charge in [-0.05, 0) is 16.4 Å². The molecular weight excluding hydrogens is 182 g/mol. The first kappa shape index (κ1) is 7.30. The molecule has 0 unspecified atom stereocenters. The largest absolute Gasteiger partial charge is 0.480 e. The number of methoxy groups -OCH3 is 1. The minimum atomic E-state index is 0.319. The van der Waals surface area contributed by atoms with Gasteiger partial charge in [-0.1, -0.05) is 11.6 Å². The van der Waals surface area contributed by atoms with E-state index in [4.69, 9.17) is 16.3 Å². The Labute approximate surface area is 72.3 Å². The van der Waals surface area contributed by atoms with Crippen LogP contribution in [0.1, 0.15) is 0 Å². The van der Waals surface area contributed by atoms with E-state index in [9.17, 15) is 0 Å². The predicted molar refractivity (Wildman–Crippen MR) is 41.2 cm³/mol. The van der Waals surface area contributed by atoms with E-state index in [1.807, 2.05) is 0 Å². The van der Waals surface area contributed by atoms with Crippen molar-refractivity contribution in [2.45, 2.75) is 0 Å². The molecule has 0 aliphatic rings. The van der Waals surface area contributed by atoms with Gasteiger partial charge in [0, 0.05) is 0 Å². The normalized spacial score (nSPS) is 10.5. The highest BCUT2D eigenvalue weighted by molar-refractivity contribution is 6.32. The summed E-state index contributed by atoms with van der Waals surface area (Å²) in [6, 6.07) is 1.58. The van der Waals surface area contributed by atoms with E-state index >= 15 is 0 Å². The lowest BCUT2D eigenvalue weighted by molar-refractivity contribution is 0.314. The molecule has 2 aromatic rings. The first-order valence-electron chi connectivity index (χ1n) is 3.14. The molecule has 0 N–H and O–H groups in total. The molecular formula is C6H4ClN3O2. The van der Waals surface area contributed by atoms with E-state index in [0.717, 1.165) is 0 Å². The summed E-state index contributed by atoms with van der Waals surface area (Å²) < 4.78 is 9.31. The lowest BCUT2D eigenvalue weighted by Gasteiger charge is -1.97. The van der Waals surface area contributed by atoms with Crippen LogP contribution in [-0.2, 0) is 0 Å². The maximum Gasteiger partial charge on any atom is 0.234 e. The van der Waals surface area contributed by atoms with Crippen LogP contribution in [0.4, 0.5) is 0 Å². The van der Waals surface area contributed by atoms with Crippen molar-refractivity contribution in [3.63, 3.8) is 0 Å². The van der Waals surface area contributed by atoms with E-state index in [-0.39, 0.29) is 0 Å². The Balaban J connectivity index is 2.73. The second-order valence-electron chi connectivity index (χ2n) is 2.09. The third kappa shape index (κ3) is 0.984. The third-order valence-electron chi connectivity index (χ3n) is 1.36. The van der Waals surface area contributed by atoms with Crippen LogP contribution in [-0.4, -0.2) is 22.4 Å². The van der Waals surface area contributed by atoms with Crippen molar-refractivity contribution < 1.29 is 9.37 Å². The van der Waals surface area contributed by atoms with Gasteiger partial charge in [-0.25, -0.2) is 4.63 Å². The smallest absolute Gasteiger partial charge is 0.234 e. The molecule has 0 saturated carbocycles. The van der Waals surface area contributed by atoms with E-state index in [2.05, 4.69) is 19.9 Å². The van der Waals surface area contributed by atoms with Crippen LogP contribution in [0.3, 0.4) is 0 Å². The van der Waals surface area contributed by atoms with Crippen molar-refractivity contribution in [2.75, 3.05) is 7.11 Å². The molecule has 2 heterocycles. The van der Waals surface area contributed by atoms with Gasteiger partial charge in [-0.3, -0.25) is 0 Å². The number of pyridine rings is 1. The molecule has 0 atom stereocenters. The van der Waals surface area contributed by atoms with Crippen molar-refractivity contribution in [3.8, 4) is 5.88 Å². The molecule has 62 valence electrons. The Morgan fingerprint density at radius 3 is 3.08 bits per heavy atom. The number of hydrogen-bond donors (Lipinski definition) is 0. The molecule has 0 aromatic carbocycles. The SMILES string of the molecule is COc1nc2nonc2cc1Cl. The average Bonchev–Trinajstić information content (AvgIpc) is 2.49. The summed E-state index contributed by atoms with van der Waals surface area (Å²) in [5.74, 6) is 0.319. The maximum absolute atomic E-state index is 5.76. The minimum absolute atomic E-state index is 0.319. The first-order valence-corrected chi connectivity index (χ1v) is 3.52. The number of fused-ring (bicyclic) bond motifs is 1. The molecule has 0 fully saturated rings. The number of aromatic nitrogens is 3. The van der Waals surface area contributed by atoms with Crippen LogP contribution in [0.2, 0.25) is 5.02 Å². The summed E-state index contributed by atoms with van der Waals surface area (Å²) in [6.07, 6.45) is 0. The fraction of sp³-hybridized carbons (Fsp3) is 0.167. The molecule has 5 nitrogen and oxygen atoms in total. The van der Waals surface area contributed by atoms with Gasteiger partial charge in [0.2, 0.25) is 11.5 Å². The fourth-order valence-electron chi connectivity index (χ4n) is 0.834. The summed E-state index contributed by atoms with van der Waals surface area (Å²) in [6.45, 7) is 0. The Morgan fingerprint density at radius 1 is 1.50 bits per heavy atom. The Kier molecular flexibility index (Phi) is 1.58. The van der Waals surface area contributed by atoms with Gasteiger partial charge in [-0.2, -0.15) is 4.98 Å².